The van der Waals surface area contributed by atoms with Gasteiger partial charge >= 0.3 is 0 Å². The van der Waals surface area contributed by atoms with E-state index in [4.69, 9.17) is 5.73 Å². The van der Waals surface area contributed by atoms with Crippen molar-refractivity contribution >= 4 is 0 Å². The summed E-state index contributed by atoms with van der Waals surface area (Å²) in [6.45, 7) is 3.49. The van der Waals surface area contributed by atoms with Crippen molar-refractivity contribution in [2.75, 3.05) is 19.6 Å². The summed E-state index contributed by atoms with van der Waals surface area (Å²) in [5, 5.41) is 0. The number of hydrogen-bond donors (Lipinski definition) is 1. The van der Waals surface area contributed by atoms with E-state index in [9.17, 15) is 0 Å². The van der Waals surface area contributed by atoms with Gasteiger partial charge in [0.05, 0.1) is 0 Å². The molecular formula is C11H22N2. The molecule has 2 fully saturated rings. The molecule has 1 aliphatic heterocycles. The summed E-state index contributed by atoms with van der Waals surface area (Å²) in [5.74, 6) is 0. The van der Waals surface area contributed by atoms with Crippen LogP contribution in [0, 0.1) is 0 Å². The van der Waals surface area contributed by atoms with Crippen LogP contribution < -0.4 is 5.73 Å². The highest BCUT2D eigenvalue weighted by atomic mass is 15.2. The first kappa shape index (κ1) is 9.47. The quantitative estimate of drug-likeness (QED) is 0.705. The Bertz CT molecular complexity index is 155. The molecule has 1 aliphatic carbocycles. The van der Waals surface area contributed by atoms with Gasteiger partial charge in [-0.05, 0) is 38.8 Å². The summed E-state index contributed by atoms with van der Waals surface area (Å²) in [7, 11) is 0. The molecule has 2 heteroatoms. The summed E-state index contributed by atoms with van der Waals surface area (Å²) in [4.78, 5) is 2.68. The van der Waals surface area contributed by atoms with Crippen molar-refractivity contribution in [1.82, 2.24) is 4.90 Å². The number of likely N-dealkylation sites (tertiary alicyclic amines) is 1. The molecule has 76 valence electrons. The van der Waals surface area contributed by atoms with E-state index in [0.29, 0.717) is 5.54 Å². The van der Waals surface area contributed by atoms with Crippen molar-refractivity contribution < 1.29 is 0 Å². The number of nitrogens with zero attached hydrogens (tertiary/aromatic N) is 1. The molecule has 0 unspecified atom stereocenters. The summed E-state index contributed by atoms with van der Waals surface area (Å²) >= 11 is 0. The largest absolute Gasteiger partial charge is 0.329 e. The van der Waals surface area contributed by atoms with Crippen LogP contribution in [0.4, 0.5) is 0 Å². The smallest absolute Gasteiger partial charge is 0.0331 e. The van der Waals surface area contributed by atoms with Crippen LogP contribution in [0.2, 0.25) is 0 Å². The Morgan fingerprint density at radius 2 is 1.54 bits per heavy atom. The van der Waals surface area contributed by atoms with Gasteiger partial charge in [0.1, 0.15) is 0 Å². The third kappa shape index (κ3) is 1.75. The Kier molecular flexibility index (Phi) is 2.89. The van der Waals surface area contributed by atoms with Crippen molar-refractivity contribution in [3.8, 4) is 0 Å². The molecule has 2 N–H and O–H groups in total. The van der Waals surface area contributed by atoms with Gasteiger partial charge in [0, 0.05) is 12.1 Å². The van der Waals surface area contributed by atoms with E-state index < -0.39 is 0 Å². The average molecular weight is 182 g/mol. The molecule has 1 heterocycles. The maximum Gasteiger partial charge on any atom is 0.0331 e. The molecule has 0 atom stereocenters. The molecule has 2 aliphatic rings. The predicted molar refractivity (Wildman–Crippen MR) is 55.7 cm³/mol. The zero-order valence-corrected chi connectivity index (χ0v) is 8.60. The summed E-state index contributed by atoms with van der Waals surface area (Å²) in [6, 6.07) is 0. The maximum absolute atomic E-state index is 5.96. The van der Waals surface area contributed by atoms with Crippen molar-refractivity contribution in [2.45, 2.75) is 50.5 Å². The molecule has 1 saturated heterocycles. The summed E-state index contributed by atoms with van der Waals surface area (Å²) in [6.07, 6.45) is 9.70. The lowest BCUT2D eigenvalue weighted by Crippen LogP contribution is -2.53. The number of nitrogens with two attached hydrogens (primary N) is 1. The molecule has 0 radical (unpaired) electrons. The van der Waals surface area contributed by atoms with E-state index >= 15 is 0 Å². The van der Waals surface area contributed by atoms with Crippen molar-refractivity contribution in [3.63, 3.8) is 0 Å². The van der Waals surface area contributed by atoms with E-state index in [0.717, 1.165) is 6.54 Å². The third-order valence-electron chi connectivity index (χ3n) is 3.94. The van der Waals surface area contributed by atoms with Crippen LogP contribution in [-0.2, 0) is 0 Å². The van der Waals surface area contributed by atoms with Crippen molar-refractivity contribution in [1.29, 1.82) is 0 Å². The minimum absolute atomic E-state index is 0.417. The van der Waals surface area contributed by atoms with Gasteiger partial charge in [-0.1, -0.05) is 19.3 Å². The van der Waals surface area contributed by atoms with Crippen LogP contribution in [0.1, 0.15) is 44.9 Å². The Balaban J connectivity index is 2.01. The van der Waals surface area contributed by atoms with E-state index in [2.05, 4.69) is 4.90 Å². The van der Waals surface area contributed by atoms with Crippen LogP contribution in [0.5, 0.6) is 0 Å². The van der Waals surface area contributed by atoms with Gasteiger partial charge in [0.2, 0.25) is 0 Å². The fourth-order valence-corrected chi connectivity index (χ4v) is 3.05. The highest BCUT2D eigenvalue weighted by Crippen LogP contribution is 2.35. The lowest BCUT2D eigenvalue weighted by molar-refractivity contribution is 0.0774. The second kappa shape index (κ2) is 3.97. The zero-order chi connectivity index (χ0) is 9.15. The molecule has 13 heavy (non-hydrogen) atoms. The third-order valence-corrected chi connectivity index (χ3v) is 3.94. The lowest BCUT2D eigenvalue weighted by Gasteiger charge is -2.42. The molecule has 1 saturated carbocycles. The van der Waals surface area contributed by atoms with Gasteiger partial charge in [-0.3, -0.25) is 4.90 Å². The van der Waals surface area contributed by atoms with Crippen LogP contribution in [0.15, 0.2) is 0 Å². The average Bonchev–Trinajstić information content (AvgIpc) is 2.69. The van der Waals surface area contributed by atoms with E-state index in [1.165, 1.54) is 58.0 Å². The predicted octanol–water partition coefficient (Wildman–Crippen LogP) is 1.74. The van der Waals surface area contributed by atoms with Gasteiger partial charge in [0.25, 0.3) is 0 Å². The van der Waals surface area contributed by atoms with Crippen LogP contribution >= 0.6 is 0 Å². The fraction of sp³-hybridized carbons (Fsp3) is 1.00. The second-order valence-corrected chi connectivity index (χ2v) is 4.68. The van der Waals surface area contributed by atoms with E-state index in [-0.39, 0.29) is 0 Å². The molecule has 0 amide bonds. The number of rotatable bonds is 2. The number of piperidine rings is 1. The Morgan fingerprint density at radius 1 is 0.923 bits per heavy atom. The highest BCUT2D eigenvalue weighted by Gasteiger charge is 2.38. The van der Waals surface area contributed by atoms with Crippen molar-refractivity contribution in [2.24, 2.45) is 5.73 Å². The van der Waals surface area contributed by atoms with Crippen LogP contribution in [0.25, 0.3) is 0 Å². The molecule has 2 rings (SSSR count). The zero-order valence-electron chi connectivity index (χ0n) is 8.60. The summed E-state index contributed by atoms with van der Waals surface area (Å²) in [5.41, 5.74) is 6.38. The fourth-order valence-electron chi connectivity index (χ4n) is 3.05. The minimum atomic E-state index is 0.417. The monoisotopic (exact) mass is 182 g/mol. The summed E-state index contributed by atoms with van der Waals surface area (Å²) < 4.78 is 0. The van der Waals surface area contributed by atoms with Crippen LogP contribution in [-0.4, -0.2) is 30.1 Å². The van der Waals surface area contributed by atoms with Crippen LogP contribution in [0.3, 0.4) is 0 Å². The Labute approximate surface area is 81.5 Å². The first-order chi connectivity index (χ1) is 6.37. The second-order valence-electron chi connectivity index (χ2n) is 4.68. The molecule has 0 aromatic heterocycles. The maximum atomic E-state index is 5.96. The van der Waals surface area contributed by atoms with Gasteiger partial charge in [-0.25, -0.2) is 0 Å². The SMILES string of the molecule is NCC1(N2CCCCC2)CCCC1. The van der Waals surface area contributed by atoms with E-state index in [1.807, 2.05) is 0 Å². The van der Waals surface area contributed by atoms with Gasteiger partial charge in [-0.2, -0.15) is 0 Å². The standard InChI is InChI=1S/C11H22N2/c12-10-11(6-2-3-7-11)13-8-4-1-5-9-13/h1-10,12H2. The first-order valence-corrected chi connectivity index (χ1v) is 5.82. The molecular weight excluding hydrogens is 160 g/mol. The van der Waals surface area contributed by atoms with Gasteiger partial charge < -0.3 is 5.73 Å². The number of hydrogen-bond acceptors (Lipinski definition) is 2. The van der Waals surface area contributed by atoms with E-state index in [1.54, 1.807) is 0 Å². The first-order valence-electron chi connectivity index (χ1n) is 5.82. The van der Waals surface area contributed by atoms with Crippen molar-refractivity contribution in [3.05, 3.63) is 0 Å². The molecule has 0 aromatic carbocycles. The lowest BCUT2D eigenvalue weighted by atomic mass is 9.92. The molecule has 0 bridgehead atoms. The minimum Gasteiger partial charge on any atom is -0.329 e. The molecule has 0 spiro atoms. The highest BCUT2D eigenvalue weighted by molar-refractivity contribution is 4.96. The van der Waals surface area contributed by atoms with Gasteiger partial charge in [-0.15, -0.1) is 0 Å². The Hall–Kier alpha value is -0.0800. The normalized spacial score (nSPS) is 29.3. The van der Waals surface area contributed by atoms with Gasteiger partial charge in [0.15, 0.2) is 0 Å². The Morgan fingerprint density at radius 3 is 2.08 bits per heavy atom. The molecule has 2 nitrogen and oxygen atoms in total. The molecule has 0 aromatic rings. The topological polar surface area (TPSA) is 29.3 Å².